The molecule has 0 radical (unpaired) electrons. The van der Waals surface area contributed by atoms with E-state index in [0.717, 1.165) is 11.3 Å². The Bertz CT molecular complexity index is 471. The summed E-state index contributed by atoms with van der Waals surface area (Å²) in [5.74, 6) is 5.10. The number of aryl methyl sites for hydroxylation is 1. The number of nitrogens with one attached hydrogen (secondary N) is 2. The molecule has 5 nitrogen and oxygen atoms in total. The van der Waals surface area contributed by atoms with Crippen molar-refractivity contribution in [2.24, 2.45) is 16.7 Å². The molecule has 92 valence electrons. The van der Waals surface area contributed by atoms with E-state index in [9.17, 15) is 4.39 Å². The zero-order valence-electron chi connectivity index (χ0n) is 9.79. The lowest BCUT2D eigenvalue weighted by atomic mass is 9.95. The van der Waals surface area contributed by atoms with Crippen LogP contribution in [0.2, 0.25) is 0 Å². The number of nitrogens with zero attached hydrogens (tertiary/aromatic N) is 1. The second-order valence-corrected chi connectivity index (χ2v) is 4.23. The lowest BCUT2D eigenvalue weighted by molar-refractivity contribution is 0.595. The maximum Gasteiger partial charge on any atom is 0.144 e. The van der Waals surface area contributed by atoms with Crippen molar-refractivity contribution in [2.75, 3.05) is 5.32 Å². The molecule has 1 aliphatic rings. The normalized spacial score (nSPS) is 23.2. The summed E-state index contributed by atoms with van der Waals surface area (Å²) in [4.78, 5) is 0. The van der Waals surface area contributed by atoms with Crippen molar-refractivity contribution in [1.29, 1.82) is 0 Å². The third kappa shape index (κ3) is 1.80. The molecule has 0 saturated carbocycles. The predicted molar refractivity (Wildman–Crippen MR) is 65.9 cm³/mol. The fourth-order valence-corrected chi connectivity index (χ4v) is 2.26. The van der Waals surface area contributed by atoms with Crippen molar-refractivity contribution in [3.8, 4) is 0 Å². The van der Waals surface area contributed by atoms with Crippen LogP contribution in [-0.4, -0.2) is 11.9 Å². The fourth-order valence-electron chi connectivity index (χ4n) is 2.26. The molecule has 0 amide bonds. The van der Waals surface area contributed by atoms with Gasteiger partial charge in [0.15, 0.2) is 0 Å². The highest BCUT2D eigenvalue weighted by molar-refractivity contribution is 5.92. The lowest BCUT2D eigenvalue weighted by Crippen LogP contribution is -2.38. The first-order valence-corrected chi connectivity index (χ1v) is 5.40. The van der Waals surface area contributed by atoms with Crippen molar-refractivity contribution < 1.29 is 4.39 Å². The first kappa shape index (κ1) is 11.7. The van der Waals surface area contributed by atoms with Gasteiger partial charge in [-0.05, 0) is 18.6 Å². The van der Waals surface area contributed by atoms with Crippen LogP contribution in [0.1, 0.15) is 24.0 Å². The zero-order chi connectivity index (χ0) is 12.6. The van der Waals surface area contributed by atoms with Crippen LogP contribution in [0.4, 0.5) is 10.1 Å². The molecule has 6 heteroatoms. The van der Waals surface area contributed by atoms with E-state index in [1.165, 1.54) is 6.07 Å². The maximum absolute atomic E-state index is 13.8. The van der Waals surface area contributed by atoms with Gasteiger partial charge in [-0.15, -0.1) is 5.10 Å². The Morgan fingerprint density at radius 2 is 2.24 bits per heavy atom. The second-order valence-electron chi connectivity index (χ2n) is 4.23. The second kappa shape index (κ2) is 4.21. The van der Waals surface area contributed by atoms with E-state index < -0.39 is 0 Å². The molecule has 1 aromatic carbocycles. The summed E-state index contributed by atoms with van der Waals surface area (Å²) < 4.78 is 13.8. The smallest absolute Gasteiger partial charge is 0.144 e. The summed E-state index contributed by atoms with van der Waals surface area (Å²) in [6, 6.07) is 2.98. The summed E-state index contributed by atoms with van der Waals surface area (Å²) >= 11 is 0. The third-order valence-electron chi connectivity index (χ3n) is 3.17. The number of amidine groups is 1. The molecular weight excluding hydrogens is 221 g/mol. The minimum absolute atomic E-state index is 0.0815. The highest BCUT2D eigenvalue weighted by Gasteiger charge is 2.34. The average molecular weight is 237 g/mol. The number of fused-ring (bicyclic) bond motifs is 1. The van der Waals surface area contributed by atoms with E-state index in [4.69, 9.17) is 11.6 Å². The van der Waals surface area contributed by atoms with Crippen LogP contribution in [0.3, 0.4) is 0 Å². The monoisotopic (exact) mass is 237 g/mol. The molecule has 2 unspecified atom stereocenters. The largest absolute Gasteiger partial charge is 0.384 e. The lowest BCUT2D eigenvalue weighted by Gasteiger charge is -2.15. The van der Waals surface area contributed by atoms with Gasteiger partial charge in [0.1, 0.15) is 11.7 Å². The Kier molecular flexibility index (Phi) is 2.89. The van der Waals surface area contributed by atoms with Gasteiger partial charge in [-0.3, -0.25) is 0 Å². The van der Waals surface area contributed by atoms with E-state index in [1.54, 1.807) is 6.07 Å². The number of hydrazone groups is 1. The van der Waals surface area contributed by atoms with Gasteiger partial charge in [0.05, 0.1) is 6.04 Å². The molecule has 1 aromatic rings. The molecule has 17 heavy (non-hydrogen) atoms. The number of rotatable bonds is 2. The third-order valence-corrected chi connectivity index (χ3v) is 3.17. The van der Waals surface area contributed by atoms with Crippen molar-refractivity contribution in [2.45, 2.75) is 25.8 Å². The molecule has 2 rings (SSSR count). The number of anilines is 1. The van der Waals surface area contributed by atoms with Crippen LogP contribution in [0.5, 0.6) is 0 Å². The highest BCUT2D eigenvalue weighted by atomic mass is 19.1. The van der Waals surface area contributed by atoms with Gasteiger partial charge in [0, 0.05) is 17.2 Å². The Balaban J connectivity index is 2.42. The minimum Gasteiger partial charge on any atom is -0.384 e. The molecule has 0 bridgehead atoms. The number of hydrogen-bond donors (Lipinski definition) is 4. The van der Waals surface area contributed by atoms with E-state index in [0.29, 0.717) is 11.4 Å². The Morgan fingerprint density at radius 1 is 1.53 bits per heavy atom. The quantitative estimate of drug-likeness (QED) is 0.265. The van der Waals surface area contributed by atoms with Crippen LogP contribution >= 0.6 is 0 Å². The summed E-state index contributed by atoms with van der Waals surface area (Å²) in [6.45, 7) is 3.83. The number of hydrazine groups is 1. The number of nitrogens with two attached hydrogens (primary N) is 2. The topological polar surface area (TPSA) is 88.5 Å². The average Bonchev–Trinajstić information content (AvgIpc) is 2.63. The Hall–Kier alpha value is -1.82. The van der Waals surface area contributed by atoms with Crippen molar-refractivity contribution >= 4 is 11.5 Å². The van der Waals surface area contributed by atoms with Gasteiger partial charge >= 0.3 is 0 Å². The van der Waals surface area contributed by atoms with Crippen LogP contribution in [0.15, 0.2) is 17.2 Å². The van der Waals surface area contributed by atoms with Gasteiger partial charge in [0.25, 0.3) is 0 Å². The van der Waals surface area contributed by atoms with Crippen molar-refractivity contribution in [1.82, 2.24) is 5.53 Å². The molecule has 6 N–H and O–H groups in total. The fraction of sp³-hybridized carbons (Fsp3) is 0.364. The number of benzene rings is 1. The van der Waals surface area contributed by atoms with Gasteiger partial charge in [0.2, 0.25) is 0 Å². The highest BCUT2D eigenvalue weighted by Crippen LogP contribution is 2.39. The SMILES string of the molecule is Cc1ccc(F)c2c1NC(/C(N)=N/NN)C2C. The van der Waals surface area contributed by atoms with E-state index in [1.807, 2.05) is 13.8 Å². The molecular formula is C11H16FN5. The van der Waals surface area contributed by atoms with Crippen LogP contribution in [0.25, 0.3) is 0 Å². The molecule has 0 spiro atoms. The van der Waals surface area contributed by atoms with Gasteiger partial charge in [-0.2, -0.15) is 0 Å². The van der Waals surface area contributed by atoms with E-state index in [-0.39, 0.29) is 17.8 Å². The zero-order valence-corrected chi connectivity index (χ0v) is 9.79. The summed E-state index contributed by atoms with van der Waals surface area (Å²) in [5, 5.41) is 6.92. The van der Waals surface area contributed by atoms with Gasteiger partial charge in [-0.25, -0.2) is 15.8 Å². The minimum atomic E-state index is -0.239. The molecule has 0 saturated heterocycles. The Labute approximate surface area is 99.0 Å². The molecule has 1 aliphatic heterocycles. The first-order valence-electron chi connectivity index (χ1n) is 5.40. The molecule has 0 fully saturated rings. The van der Waals surface area contributed by atoms with Gasteiger partial charge in [-0.1, -0.05) is 13.0 Å². The first-order chi connectivity index (χ1) is 8.06. The van der Waals surface area contributed by atoms with Crippen molar-refractivity contribution in [3.05, 3.63) is 29.1 Å². The van der Waals surface area contributed by atoms with Crippen LogP contribution < -0.4 is 22.4 Å². The molecule has 0 aliphatic carbocycles. The van der Waals surface area contributed by atoms with Crippen LogP contribution in [0, 0.1) is 12.7 Å². The predicted octanol–water partition coefficient (Wildman–Crippen LogP) is 0.767. The molecule has 1 heterocycles. The van der Waals surface area contributed by atoms with E-state index in [2.05, 4.69) is 16.0 Å². The van der Waals surface area contributed by atoms with Crippen LogP contribution in [-0.2, 0) is 0 Å². The van der Waals surface area contributed by atoms with E-state index >= 15 is 0 Å². The standard InChI is InChI=1S/C11H16FN5/c1-5-3-4-7(12)8-6(2)10(15-9(5)8)11(13)16-17-14/h3-4,6,10,15,17H,14H2,1-2H3,(H2,13,16). The summed E-state index contributed by atoms with van der Waals surface area (Å²) in [7, 11) is 0. The summed E-state index contributed by atoms with van der Waals surface area (Å²) in [6.07, 6.45) is 0. The summed E-state index contributed by atoms with van der Waals surface area (Å²) in [5.41, 5.74) is 10.4. The maximum atomic E-state index is 13.8. The number of halogens is 1. The molecule has 0 aromatic heterocycles. The van der Waals surface area contributed by atoms with Crippen molar-refractivity contribution in [3.63, 3.8) is 0 Å². The number of hydrogen-bond acceptors (Lipinski definition) is 4. The Morgan fingerprint density at radius 3 is 2.82 bits per heavy atom. The van der Waals surface area contributed by atoms with Gasteiger partial charge < -0.3 is 11.1 Å². The molecule has 2 atom stereocenters.